The Balaban J connectivity index is 1.75. The van der Waals surface area contributed by atoms with E-state index < -0.39 is 0 Å². The molecule has 3 aromatic rings. The summed E-state index contributed by atoms with van der Waals surface area (Å²) in [5.41, 5.74) is 5.86. The molecule has 31 heavy (non-hydrogen) atoms. The van der Waals surface area contributed by atoms with Gasteiger partial charge in [0.1, 0.15) is 5.75 Å². The lowest BCUT2D eigenvalue weighted by Gasteiger charge is -2.47. The van der Waals surface area contributed by atoms with E-state index in [9.17, 15) is 5.11 Å². The molecule has 0 radical (unpaired) electrons. The summed E-state index contributed by atoms with van der Waals surface area (Å²) >= 11 is 7.53. The zero-order valence-electron chi connectivity index (χ0n) is 17.4. The fourth-order valence-corrected chi connectivity index (χ4v) is 6.18. The lowest BCUT2D eigenvalue weighted by atomic mass is 9.78. The molecular formula is C25H23Br2NO3. The van der Waals surface area contributed by atoms with Crippen molar-refractivity contribution in [3.05, 3.63) is 85.3 Å². The number of nitrogens with zero attached hydrogens (tertiary/aromatic N) is 1. The zero-order valence-corrected chi connectivity index (χ0v) is 20.5. The van der Waals surface area contributed by atoms with Gasteiger partial charge in [-0.25, -0.2) is 0 Å². The van der Waals surface area contributed by atoms with Crippen LogP contribution >= 0.6 is 31.9 Å². The number of phenols is 1. The summed E-state index contributed by atoms with van der Waals surface area (Å²) in [6.07, 6.45) is 1.75. The zero-order chi connectivity index (χ0) is 21.7. The van der Waals surface area contributed by atoms with Crippen LogP contribution in [0.1, 0.15) is 39.9 Å². The average molecular weight is 545 g/mol. The molecule has 0 fully saturated rings. The highest BCUT2D eigenvalue weighted by Crippen LogP contribution is 2.54. The van der Waals surface area contributed by atoms with Crippen molar-refractivity contribution in [2.45, 2.75) is 24.9 Å². The van der Waals surface area contributed by atoms with Gasteiger partial charge >= 0.3 is 0 Å². The van der Waals surface area contributed by atoms with Crippen molar-refractivity contribution in [3.63, 3.8) is 0 Å². The summed E-state index contributed by atoms with van der Waals surface area (Å²) in [6.45, 7) is 0.893. The van der Waals surface area contributed by atoms with Crippen molar-refractivity contribution in [3.8, 4) is 17.2 Å². The van der Waals surface area contributed by atoms with Crippen molar-refractivity contribution in [1.29, 1.82) is 0 Å². The molecule has 2 heterocycles. The van der Waals surface area contributed by atoms with Gasteiger partial charge in [-0.2, -0.15) is 0 Å². The van der Waals surface area contributed by atoms with Gasteiger partial charge in [-0.1, -0.05) is 56.1 Å². The predicted molar refractivity (Wildman–Crippen MR) is 128 cm³/mol. The van der Waals surface area contributed by atoms with Gasteiger partial charge in [0.15, 0.2) is 11.5 Å². The molecule has 160 valence electrons. The SMILES string of the molecule is COc1ccc2c(c1)CCN1C2Cc2c(Br)cc(OC)c(O)c2C1c1ccccc1Br. The van der Waals surface area contributed by atoms with E-state index >= 15 is 0 Å². The number of hydrogen-bond donors (Lipinski definition) is 1. The Labute approximate surface area is 199 Å². The minimum absolute atomic E-state index is 0.0917. The lowest BCUT2D eigenvalue weighted by Crippen LogP contribution is -2.43. The van der Waals surface area contributed by atoms with E-state index in [1.54, 1.807) is 14.2 Å². The predicted octanol–water partition coefficient (Wildman–Crippen LogP) is 6.18. The number of rotatable bonds is 3. The molecule has 0 saturated carbocycles. The van der Waals surface area contributed by atoms with Crippen LogP contribution in [0.4, 0.5) is 0 Å². The van der Waals surface area contributed by atoms with Gasteiger partial charge in [0.2, 0.25) is 0 Å². The average Bonchev–Trinajstić information content (AvgIpc) is 2.80. The van der Waals surface area contributed by atoms with E-state index in [-0.39, 0.29) is 17.8 Å². The van der Waals surface area contributed by atoms with E-state index in [1.165, 1.54) is 11.1 Å². The third kappa shape index (κ3) is 3.36. The molecule has 0 bridgehead atoms. The second kappa shape index (κ2) is 8.15. The maximum absolute atomic E-state index is 11.2. The topological polar surface area (TPSA) is 41.9 Å². The maximum Gasteiger partial charge on any atom is 0.163 e. The van der Waals surface area contributed by atoms with Gasteiger partial charge in [-0.3, -0.25) is 4.90 Å². The minimum atomic E-state index is -0.0917. The number of benzene rings is 3. The van der Waals surface area contributed by atoms with Gasteiger partial charge in [0.25, 0.3) is 0 Å². The molecule has 3 aromatic carbocycles. The quantitative estimate of drug-likeness (QED) is 0.427. The highest BCUT2D eigenvalue weighted by Gasteiger charge is 2.42. The molecule has 2 aliphatic heterocycles. The van der Waals surface area contributed by atoms with E-state index in [1.807, 2.05) is 18.2 Å². The summed E-state index contributed by atoms with van der Waals surface area (Å²) in [4.78, 5) is 2.52. The van der Waals surface area contributed by atoms with Gasteiger partial charge < -0.3 is 14.6 Å². The van der Waals surface area contributed by atoms with E-state index in [0.29, 0.717) is 5.75 Å². The normalized spacial score (nSPS) is 19.9. The first-order chi connectivity index (χ1) is 15.0. The molecule has 1 N–H and O–H groups in total. The van der Waals surface area contributed by atoms with Crippen LogP contribution in [0.5, 0.6) is 17.2 Å². The second-order valence-corrected chi connectivity index (χ2v) is 9.71. The molecule has 2 unspecified atom stereocenters. The monoisotopic (exact) mass is 543 g/mol. The summed E-state index contributed by atoms with van der Waals surface area (Å²) < 4.78 is 13.0. The largest absolute Gasteiger partial charge is 0.504 e. The number of hydrogen-bond acceptors (Lipinski definition) is 4. The molecule has 4 nitrogen and oxygen atoms in total. The van der Waals surface area contributed by atoms with Gasteiger partial charge in [-0.05, 0) is 59.4 Å². The first-order valence-corrected chi connectivity index (χ1v) is 11.9. The van der Waals surface area contributed by atoms with Crippen LogP contribution in [0.3, 0.4) is 0 Å². The third-order valence-electron chi connectivity index (χ3n) is 6.53. The van der Waals surface area contributed by atoms with Crippen molar-refractivity contribution < 1.29 is 14.6 Å². The van der Waals surface area contributed by atoms with Crippen LogP contribution in [0, 0.1) is 0 Å². The van der Waals surface area contributed by atoms with E-state index in [4.69, 9.17) is 9.47 Å². The molecule has 0 saturated heterocycles. The highest BCUT2D eigenvalue weighted by molar-refractivity contribution is 9.10. The first-order valence-electron chi connectivity index (χ1n) is 10.3. The lowest BCUT2D eigenvalue weighted by molar-refractivity contribution is 0.125. The van der Waals surface area contributed by atoms with Crippen LogP contribution < -0.4 is 9.47 Å². The summed E-state index contributed by atoms with van der Waals surface area (Å²) in [5, 5.41) is 11.2. The Morgan fingerprint density at radius 2 is 1.77 bits per heavy atom. The van der Waals surface area contributed by atoms with Crippen molar-refractivity contribution >= 4 is 31.9 Å². The standard InChI is InChI=1S/C25H23Br2NO3/c1-30-15-7-8-16-14(11-15)9-10-28-21(16)12-18-20(27)13-22(31-2)25(29)23(18)24(28)17-5-3-4-6-19(17)26/h3-8,11,13,21,24,29H,9-10,12H2,1-2H3. The van der Waals surface area contributed by atoms with Crippen molar-refractivity contribution in [2.75, 3.05) is 20.8 Å². The van der Waals surface area contributed by atoms with Crippen LogP contribution in [-0.2, 0) is 12.8 Å². The number of phenolic OH excluding ortho intramolecular Hbond substituents is 1. The fraction of sp³-hybridized carbons (Fsp3) is 0.280. The Morgan fingerprint density at radius 1 is 0.968 bits per heavy atom. The van der Waals surface area contributed by atoms with Gasteiger partial charge in [0.05, 0.1) is 20.3 Å². The fourth-order valence-electron chi connectivity index (χ4n) is 5.09. The molecule has 5 rings (SSSR count). The molecule has 0 aliphatic carbocycles. The second-order valence-electron chi connectivity index (χ2n) is 8.00. The van der Waals surface area contributed by atoms with Gasteiger partial charge in [-0.15, -0.1) is 0 Å². The summed E-state index contributed by atoms with van der Waals surface area (Å²) in [6, 6.07) is 16.7. The number of ether oxygens (including phenoxy) is 2. The molecule has 2 atom stereocenters. The molecule has 6 heteroatoms. The number of halogens is 2. The first kappa shape index (κ1) is 20.9. The third-order valence-corrected chi connectivity index (χ3v) is 7.96. The molecule has 0 spiro atoms. The van der Waals surface area contributed by atoms with Crippen molar-refractivity contribution in [1.82, 2.24) is 4.90 Å². The Bertz CT molecular complexity index is 1160. The molecule has 0 amide bonds. The van der Waals surface area contributed by atoms with Crippen LogP contribution in [0.2, 0.25) is 0 Å². The van der Waals surface area contributed by atoms with E-state index in [2.05, 4.69) is 67.1 Å². The van der Waals surface area contributed by atoms with Crippen LogP contribution in [-0.4, -0.2) is 30.8 Å². The number of methoxy groups -OCH3 is 2. The Morgan fingerprint density at radius 3 is 2.52 bits per heavy atom. The van der Waals surface area contributed by atoms with Crippen molar-refractivity contribution in [2.24, 2.45) is 0 Å². The molecule has 2 aliphatic rings. The number of fused-ring (bicyclic) bond motifs is 4. The highest BCUT2D eigenvalue weighted by atomic mass is 79.9. The molecule has 0 aromatic heterocycles. The van der Waals surface area contributed by atoms with Crippen LogP contribution in [0.15, 0.2) is 57.5 Å². The molecular weight excluding hydrogens is 522 g/mol. The Kier molecular flexibility index (Phi) is 5.49. The van der Waals surface area contributed by atoms with E-state index in [0.717, 1.165) is 50.8 Å². The number of aromatic hydroxyl groups is 1. The Hall–Kier alpha value is -2.02. The summed E-state index contributed by atoms with van der Waals surface area (Å²) in [5.74, 6) is 1.61. The maximum atomic E-state index is 11.2. The smallest absolute Gasteiger partial charge is 0.163 e. The van der Waals surface area contributed by atoms with Gasteiger partial charge in [0, 0.05) is 27.1 Å². The van der Waals surface area contributed by atoms with Crippen LogP contribution in [0.25, 0.3) is 0 Å². The minimum Gasteiger partial charge on any atom is -0.504 e. The summed E-state index contributed by atoms with van der Waals surface area (Å²) in [7, 11) is 3.31.